The second-order valence-corrected chi connectivity index (χ2v) is 4.48. The molecule has 0 amide bonds. The van der Waals surface area contributed by atoms with Crippen molar-refractivity contribution in [3.8, 4) is 11.8 Å². The van der Waals surface area contributed by atoms with Crippen LogP contribution in [0, 0.1) is 11.3 Å². The van der Waals surface area contributed by atoms with Crippen LogP contribution in [-0.4, -0.2) is 23.1 Å². The number of rotatable bonds is 7. The van der Waals surface area contributed by atoms with E-state index in [4.69, 9.17) is 10.00 Å². The predicted molar refractivity (Wildman–Crippen MR) is 76.3 cm³/mol. The molecule has 0 aliphatic carbocycles. The van der Waals surface area contributed by atoms with E-state index in [2.05, 4.69) is 22.2 Å². The van der Waals surface area contributed by atoms with E-state index in [1.807, 2.05) is 36.5 Å². The SMILES string of the molecule is CC(NCCc1ncc[nH]1)c1ccc(OCC#N)cc1. The highest BCUT2D eigenvalue weighted by Gasteiger charge is 2.05. The number of imidazole rings is 1. The molecule has 20 heavy (non-hydrogen) atoms. The van der Waals surface area contributed by atoms with Crippen molar-refractivity contribution in [1.29, 1.82) is 5.26 Å². The average molecular weight is 270 g/mol. The van der Waals surface area contributed by atoms with Crippen LogP contribution in [-0.2, 0) is 6.42 Å². The molecule has 0 radical (unpaired) electrons. The zero-order chi connectivity index (χ0) is 14.2. The summed E-state index contributed by atoms with van der Waals surface area (Å²) in [6.07, 6.45) is 4.47. The van der Waals surface area contributed by atoms with Crippen molar-refractivity contribution >= 4 is 0 Å². The summed E-state index contributed by atoms with van der Waals surface area (Å²) in [5, 5.41) is 11.9. The number of hydrogen-bond acceptors (Lipinski definition) is 4. The maximum absolute atomic E-state index is 8.45. The third-order valence-electron chi connectivity index (χ3n) is 3.05. The molecule has 0 spiro atoms. The van der Waals surface area contributed by atoms with Gasteiger partial charge in [-0.05, 0) is 24.6 Å². The van der Waals surface area contributed by atoms with Crippen LogP contribution >= 0.6 is 0 Å². The first-order valence-electron chi connectivity index (χ1n) is 6.61. The number of H-pyrrole nitrogens is 1. The fraction of sp³-hybridized carbons (Fsp3) is 0.333. The number of hydrogen-bond donors (Lipinski definition) is 2. The average Bonchev–Trinajstić information content (AvgIpc) is 2.99. The molecule has 1 unspecified atom stereocenters. The minimum absolute atomic E-state index is 0.0797. The van der Waals surface area contributed by atoms with Gasteiger partial charge in [-0.2, -0.15) is 5.26 Å². The van der Waals surface area contributed by atoms with Gasteiger partial charge in [-0.15, -0.1) is 0 Å². The van der Waals surface area contributed by atoms with Crippen LogP contribution in [0.2, 0.25) is 0 Å². The summed E-state index contributed by atoms with van der Waals surface area (Å²) in [5.74, 6) is 1.71. The predicted octanol–water partition coefficient (Wildman–Crippen LogP) is 2.21. The first-order valence-corrected chi connectivity index (χ1v) is 6.61. The molecule has 5 nitrogen and oxygen atoms in total. The highest BCUT2D eigenvalue weighted by atomic mass is 16.5. The van der Waals surface area contributed by atoms with Gasteiger partial charge in [-0.1, -0.05) is 12.1 Å². The summed E-state index contributed by atoms with van der Waals surface area (Å²) in [4.78, 5) is 7.27. The first-order chi connectivity index (χ1) is 9.79. The number of nitriles is 1. The summed E-state index contributed by atoms with van der Waals surface area (Å²) < 4.78 is 5.23. The molecule has 0 fully saturated rings. The first kappa shape index (κ1) is 14.1. The summed E-state index contributed by atoms with van der Waals surface area (Å²) in [6, 6.07) is 10.0. The van der Waals surface area contributed by atoms with Crippen molar-refractivity contribution in [2.75, 3.05) is 13.2 Å². The summed E-state index contributed by atoms with van der Waals surface area (Å²) in [5.41, 5.74) is 1.19. The second kappa shape index (κ2) is 7.31. The van der Waals surface area contributed by atoms with Crippen molar-refractivity contribution in [3.05, 3.63) is 48.0 Å². The zero-order valence-corrected chi connectivity index (χ0v) is 11.5. The molecule has 1 heterocycles. The number of nitrogens with zero attached hydrogens (tertiary/aromatic N) is 2. The van der Waals surface area contributed by atoms with Crippen LogP contribution in [0.4, 0.5) is 0 Å². The molecule has 1 aromatic carbocycles. The Bertz CT molecular complexity index is 542. The van der Waals surface area contributed by atoms with Gasteiger partial charge in [-0.3, -0.25) is 0 Å². The van der Waals surface area contributed by atoms with Crippen molar-refractivity contribution in [2.24, 2.45) is 0 Å². The highest BCUT2D eigenvalue weighted by Crippen LogP contribution is 2.17. The maximum atomic E-state index is 8.45. The Hall–Kier alpha value is -2.32. The van der Waals surface area contributed by atoms with Gasteiger partial charge in [0, 0.05) is 31.4 Å². The van der Waals surface area contributed by atoms with Gasteiger partial charge in [0.1, 0.15) is 17.6 Å². The molecule has 1 aromatic heterocycles. The van der Waals surface area contributed by atoms with Crippen LogP contribution in [0.25, 0.3) is 0 Å². The molecule has 2 rings (SSSR count). The van der Waals surface area contributed by atoms with Gasteiger partial charge in [-0.25, -0.2) is 4.98 Å². The molecule has 0 saturated carbocycles. The van der Waals surface area contributed by atoms with Gasteiger partial charge in [0.2, 0.25) is 0 Å². The Labute approximate surface area is 118 Å². The quantitative estimate of drug-likeness (QED) is 0.809. The lowest BCUT2D eigenvalue weighted by Crippen LogP contribution is -2.21. The molecule has 1 atom stereocenters. The van der Waals surface area contributed by atoms with Crippen molar-refractivity contribution in [3.63, 3.8) is 0 Å². The zero-order valence-electron chi connectivity index (χ0n) is 11.5. The molecule has 0 aliphatic rings. The normalized spacial score (nSPS) is 11.8. The van der Waals surface area contributed by atoms with Crippen LogP contribution in [0.5, 0.6) is 5.75 Å². The van der Waals surface area contributed by atoms with Crippen LogP contribution in [0.15, 0.2) is 36.7 Å². The van der Waals surface area contributed by atoms with Gasteiger partial charge >= 0.3 is 0 Å². The van der Waals surface area contributed by atoms with E-state index >= 15 is 0 Å². The number of aromatic amines is 1. The minimum atomic E-state index is 0.0797. The monoisotopic (exact) mass is 270 g/mol. The molecule has 0 saturated heterocycles. The Morgan fingerprint density at radius 1 is 1.40 bits per heavy atom. The third-order valence-corrected chi connectivity index (χ3v) is 3.05. The fourth-order valence-electron chi connectivity index (χ4n) is 1.93. The second-order valence-electron chi connectivity index (χ2n) is 4.48. The number of aromatic nitrogens is 2. The van der Waals surface area contributed by atoms with Crippen LogP contribution < -0.4 is 10.1 Å². The van der Waals surface area contributed by atoms with Crippen molar-refractivity contribution in [1.82, 2.24) is 15.3 Å². The lowest BCUT2D eigenvalue weighted by Gasteiger charge is -2.14. The topological polar surface area (TPSA) is 73.7 Å². The largest absolute Gasteiger partial charge is 0.479 e. The van der Waals surface area contributed by atoms with Gasteiger partial charge in [0.05, 0.1) is 0 Å². The maximum Gasteiger partial charge on any atom is 0.174 e. The molecule has 0 aliphatic heterocycles. The highest BCUT2D eigenvalue weighted by molar-refractivity contribution is 5.29. The molecule has 2 N–H and O–H groups in total. The number of benzene rings is 1. The molecular formula is C15H18N4O. The Kier molecular flexibility index (Phi) is 5.15. The van der Waals surface area contributed by atoms with E-state index < -0.39 is 0 Å². The van der Waals surface area contributed by atoms with E-state index in [1.54, 1.807) is 6.20 Å². The number of nitrogens with one attached hydrogen (secondary N) is 2. The summed E-state index contributed by atoms with van der Waals surface area (Å²) >= 11 is 0. The lowest BCUT2D eigenvalue weighted by molar-refractivity contribution is 0.368. The smallest absolute Gasteiger partial charge is 0.174 e. The van der Waals surface area contributed by atoms with Crippen LogP contribution in [0.1, 0.15) is 24.4 Å². The molecule has 5 heteroatoms. The van der Waals surface area contributed by atoms with Gasteiger partial charge in [0.15, 0.2) is 6.61 Å². The van der Waals surface area contributed by atoms with E-state index in [-0.39, 0.29) is 12.6 Å². The standard InChI is InChI=1S/C15H18N4O/c1-12(17-8-6-15-18-9-10-19-15)13-2-4-14(5-3-13)20-11-7-16/h2-5,9-10,12,17H,6,8,11H2,1H3,(H,18,19). The van der Waals surface area contributed by atoms with E-state index in [9.17, 15) is 0 Å². The molecule has 0 bridgehead atoms. The lowest BCUT2D eigenvalue weighted by atomic mass is 10.1. The van der Waals surface area contributed by atoms with Crippen molar-refractivity contribution < 1.29 is 4.74 Å². The Morgan fingerprint density at radius 2 is 2.20 bits per heavy atom. The van der Waals surface area contributed by atoms with E-state index in [0.717, 1.165) is 24.5 Å². The number of ether oxygens (including phenoxy) is 1. The minimum Gasteiger partial charge on any atom is -0.479 e. The fourth-order valence-corrected chi connectivity index (χ4v) is 1.93. The van der Waals surface area contributed by atoms with Crippen molar-refractivity contribution in [2.45, 2.75) is 19.4 Å². The van der Waals surface area contributed by atoms with E-state index in [0.29, 0.717) is 0 Å². The Balaban J connectivity index is 1.79. The molecule has 104 valence electrons. The summed E-state index contributed by atoms with van der Waals surface area (Å²) in [7, 11) is 0. The molecular weight excluding hydrogens is 252 g/mol. The van der Waals surface area contributed by atoms with E-state index in [1.165, 1.54) is 5.56 Å². The van der Waals surface area contributed by atoms with Crippen LogP contribution in [0.3, 0.4) is 0 Å². The third kappa shape index (κ3) is 4.11. The Morgan fingerprint density at radius 3 is 2.85 bits per heavy atom. The van der Waals surface area contributed by atoms with Gasteiger partial charge in [0.25, 0.3) is 0 Å². The summed E-state index contributed by atoms with van der Waals surface area (Å²) in [6.45, 7) is 3.06. The van der Waals surface area contributed by atoms with Gasteiger partial charge < -0.3 is 15.0 Å². The molecule has 2 aromatic rings.